The molecular weight excluding hydrogens is 319 g/mol. The number of carbonyl (C=O) groups is 1. The molecular formula is C19H29FN4O. The summed E-state index contributed by atoms with van der Waals surface area (Å²) in [5.41, 5.74) is 0.584. The molecule has 0 aliphatic heterocycles. The zero-order valence-corrected chi connectivity index (χ0v) is 15.2. The van der Waals surface area contributed by atoms with Crippen molar-refractivity contribution in [1.29, 1.82) is 0 Å². The Morgan fingerprint density at radius 3 is 2.56 bits per heavy atom. The van der Waals surface area contributed by atoms with Crippen LogP contribution in [0.3, 0.4) is 0 Å². The smallest absolute Gasteiger partial charge is 0.221 e. The number of nitrogens with one attached hydrogen (secondary N) is 3. The third kappa shape index (κ3) is 5.73. The molecule has 0 saturated heterocycles. The number of carbonyl (C=O) groups excluding carboxylic acids is 1. The summed E-state index contributed by atoms with van der Waals surface area (Å²) < 4.78 is 14.1. The first-order valence-electron chi connectivity index (χ1n) is 9.15. The van der Waals surface area contributed by atoms with Gasteiger partial charge in [0.2, 0.25) is 5.91 Å². The molecule has 5 nitrogen and oxygen atoms in total. The molecule has 1 saturated carbocycles. The quantitative estimate of drug-likeness (QED) is 0.474. The molecule has 1 fully saturated rings. The van der Waals surface area contributed by atoms with E-state index < -0.39 is 0 Å². The van der Waals surface area contributed by atoms with Crippen LogP contribution in [0.25, 0.3) is 0 Å². The van der Waals surface area contributed by atoms with Crippen LogP contribution in [0.4, 0.5) is 4.39 Å². The van der Waals surface area contributed by atoms with E-state index in [1.54, 1.807) is 6.07 Å². The number of guanidine groups is 1. The van der Waals surface area contributed by atoms with Gasteiger partial charge >= 0.3 is 0 Å². The van der Waals surface area contributed by atoms with Crippen LogP contribution < -0.4 is 16.0 Å². The van der Waals surface area contributed by atoms with Crippen molar-refractivity contribution in [2.24, 2.45) is 4.99 Å². The highest BCUT2D eigenvalue weighted by molar-refractivity contribution is 5.81. The van der Waals surface area contributed by atoms with E-state index in [1.807, 2.05) is 26.0 Å². The Morgan fingerprint density at radius 2 is 1.92 bits per heavy atom. The summed E-state index contributed by atoms with van der Waals surface area (Å²) in [6.07, 6.45) is 3.25. The molecule has 1 aromatic carbocycles. The number of amides is 1. The maximum Gasteiger partial charge on any atom is 0.221 e. The molecule has 1 aliphatic rings. The van der Waals surface area contributed by atoms with Gasteiger partial charge in [-0.05, 0) is 37.8 Å². The van der Waals surface area contributed by atoms with Gasteiger partial charge < -0.3 is 16.0 Å². The SMILES string of the molecule is CCCNC(=O)CCNC(=NCC1(c2ccccc2F)CC1)NCC. The number of hydrogen-bond acceptors (Lipinski definition) is 2. The highest BCUT2D eigenvalue weighted by Gasteiger charge is 2.45. The van der Waals surface area contributed by atoms with Crippen molar-refractivity contribution in [3.63, 3.8) is 0 Å². The minimum absolute atomic E-state index is 0.0372. The number of benzene rings is 1. The van der Waals surface area contributed by atoms with Gasteiger partial charge in [0, 0.05) is 31.5 Å². The summed E-state index contributed by atoms with van der Waals surface area (Å²) >= 11 is 0. The molecule has 0 spiro atoms. The molecule has 6 heteroatoms. The van der Waals surface area contributed by atoms with Crippen LogP contribution in [-0.2, 0) is 10.2 Å². The highest BCUT2D eigenvalue weighted by Crippen LogP contribution is 2.49. The average molecular weight is 348 g/mol. The minimum atomic E-state index is -0.174. The first-order chi connectivity index (χ1) is 12.1. The van der Waals surface area contributed by atoms with Crippen molar-refractivity contribution in [3.05, 3.63) is 35.6 Å². The third-order valence-corrected chi connectivity index (χ3v) is 4.40. The predicted octanol–water partition coefficient (Wildman–Crippen LogP) is 2.33. The second-order valence-electron chi connectivity index (χ2n) is 6.48. The summed E-state index contributed by atoms with van der Waals surface area (Å²) in [4.78, 5) is 16.3. The number of nitrogens with zero attached hydrogens (tertiary/aromatic N) is 1. The summed E-state index contributed by atoms with van der Waals surface area (Å²) in [7, 11) is 0. The highest BCUT2D eigenvalue weighted by atomic mass is 19.1. The molecule has 2 rings (SSSR count). The van der Waals surface area contributed by atoms with Crippen molar-refractivity contribution < 1.29 is 9.18 Å². The van der Waals surface area contributed by atoms with E-state index in [0.717, 1.165) is 31.4 Å². The number of aliphatic imine (C=N–C) groups is 1. The zero-order chi connectivity index (χ0) is 18.1. The average Bonchev–Trinajstić information content (AvgIpc) is 3.39. The number of halogens is 1. The summed E-state index contributed by atoms with van der Waals surface area (Å²) in [5.74, 6) is 0.560. The van der Waals surface area contributed by atoms with Crippen LogP contribution >= 0.6 is 0 Å². The fraction of sp³-hybridized carbons (Fsp3) is 0.579. The Kier molecular flexibility index (Phi) is 7.22. The van der Waals surface area contributed by atoms with Gasteiger partial charge in [0.05, 0.1) is 6.54 Å². The van der Waals surface area contributed by atoms with E-state index in [9.17, 15) is 9.18 Å². The van der Waals surface area contributed by atoms with Gasteiger partial charge in [-0.25, -0.2) is 4.39 Å². The summed E-state index contributed by atoms with van der Waals surface area (Å²) in [6, 6.07) is 6.96. The number of rotatable bonds is 9. The van der Waals surface area contributed by atoms with Gasteiger partial charge in [-0.2, -0.15) is 0 Å². The van der Waals surface area contributed by atoms with E-state index in [-0.39, 0.29) is 17.1 Å². The molecule has 138 valence electrons. The standard InChI is InChI=1S/C19H29FN4O/c1-3-12-22-17(25)9-13-23-18(21-4-2)24-14-19(10-11-19)15-7-5-6-8-16(15)20/h5-8H,3-4,9-14H2,1-2H3,(H,22,25)(H2,21,23,24). The van der Waals surface area contributed by atoms with Crippen LogP contribution in [0.15, 0.2) is 29.3 Å². The van der Waals surface area contributed by atoms with Gasteiger partial charge in [0.15, 0.2) is 5.96 Å². The Hall–Kier alpha value is -2.11. The van der Waals surface area contributed by atoms with E-state index >= 15 is 0 Å². The molecule has 0 heterocycles. The van der Waals surface area contributed by atoms with Crippen LogP contribution in [0.1, 0.15) is 45.1 Å². The first kappa shape index (κ1) is 19.2. The summed E-state index contributed by atoms with van der Waals surface area (Å²) in [6.45, 7) is 6.53. The topological polar surface area (TPSA) is 65.5 Å². The monoisotopic (exact) mass is 348 g/mol. The molecule has 0 unspecified atom stereocenters. The van der Waals surface area contributed by atoms with Gasteiger partial charge in [-0.3, -0.25) is 9.79 Å². The van der Waals surface area contributed by atoms with Gasteiger partial charge in [-0.15, -0.1) is 0 Å². The fourth-order valence-corrected chi connectivity index (χ4v) is 2.77. The van der Waals surface area contributed by atoms with Crippen molar-refractivity contribution >= 4 is 11.9 Å². The maximum absolute atomic E-state index is 14.1. The molecule has 0 bridgehead atoms. The molecule has 1 aromatic rings. The van der Waals surface area contributed by atoms with E-state index in [4.69, 9.17) is 0 Å². The minimum Gasteiger partial charge on any atom is -0.357 e. The Balaban J connectivity index is 1.89. The Labute approximate surface area is 149 Å². The van der Waals surface area contributed by atoms with Gasteiger partial charge in [-0.1, -0.05) is 25.1 Å². The molecule has 25 heavy (non-hydrogen) atoms. The molecule has 0 aromatic heterocycles. The van der Waals surface area contributed by atoms with Crippen molar-refractivity contribution in [2.45, 2.75) is 44.9 Å². The van der Waals surface area contributed by atoms with E-state index in [2.05, 4.69) is 20.9 Å². The van der Waals surface area contributed by atoms with Gasteiger partial charge in [0.25, 0.3) is 0 Å². The van der Waals surface area contributed by atoms with Crippen molar-refractivity contribution in [3.8, 4) is 0 Å². The maximum atomic E-state index is 14.1. The lowest BCUT2D eigenvalue weighted by atomic mass is 9.95. The summed E-state index contributed by atoms with van der Waals surface area (Å²) in [5, 5.41) is 9.21. The van der Waals surface area contributed by atoms with E-state index in [1.165, 1.54) is 6.07 Å². The lowest BCUT2D eigenvalue weighted by molar-refractivity contribution is -0.120. The van der Waals surface area contributed by atoms with Crippen LogP contribution in [0, 0.1) is 5.82 Å². The van der Waals surface area contributed by atoms with Crippen molar-refractivity contribution in [2.75, 3.05) is 26.2 Å². The largest absolute Gasteiger partial charge is 0.357 e. The normalized spacial score (nSPS) is 15.6. The van der Waals surface area contributed by atoms with E-state index in [0.29, 0.717) is 32.0 Å². The molecule has 0 radical (unpaired) electrons. The predicted molar refractivity (Wildman–Crippen MR) is 99.2 cm³/mol. The molecule has 1 aliphatic carbocycles. The molecule has 0 atom stereocenters. The third-order valence-electron chi connectivity index (χ3n) is 4.40. The lowest BCUT2D eigenvalue weighted by Gasteiger charge is -2.16. The second kappa shape index (κ2) is 9.39. The molecule has 1 amide bonds. The lowest BCUT2D eigenvalue weighted by Crippen LogP contribution is -2.40. The van der Waals surface area contributed by atoms with Gasteiger partial charge in [0.1, 0.15) is 5.82 Å². The van der Waals surface area contributed by atoms with Crippen LogP contribution in [0.2, 0.25) is 0 Å². The second-order valence-corrected chi connectivity index (χ2v) is 6.48. The zero-order valence-electron chi connectivity index (χ0n) is 15.2. The van der Waals surface area contributed by atoms with Crippen LogP contribution in [-0.4, -0.2) is 38.0 Å². The number of hydrogen-bond donors (Lipinski definition) is 3. The van der Waals surface area contributed by atoms with Crippen LogP contribution in [0.5, 0.6) is 0 Å². The Morgan fingerprint density at radius 1 is 1.16 bits per heavy atom. The van der Waals surface area contributed by atoms with Crippen molar-refractivity contribution in [1.82, 2.24) is 16.0 Å². The first-order valence-corrected chi connectivity index (χ1v) is 9.15. The Bertz CT molecular complexity index is 599. The fourth-order valence-electron chi connectivity index (χ4n) is 2.77. The molecule has 3 N–H and O–H groups in total.